The lowest BCUT2D eigenvalue weighted by atomic mass is 9.52. The van der Waals surface area contributed by atoms with Crippen molar-refractivity contribution in [2.45, 2.75) is 62.6 Å². The monoisotopic (exact) mass is 401 g/mol. The van der Waals surface area contributed by atoms with Crippen molar-refractivity contribution in [3.8, 4) is 5.82 Å². The SMILES string of the molecule is O=C(N[C@H]1C2CC3CC1C[C@](O)(C3)C2)c1cnn(C2CC2)c1-n1cc(Cl)cn1. The van der Waals surface area contributed by atoms with Crippen LogP contribution in [0.4, 0.5) is 0 Å². The summed E-state index contributed by atoms with van der Waals surface area (Å²) in [5.41, 5.74) is 0.0464. The van der Waals surface area contributed by atoms with Gasteiger partial charge in [0.05, 0.1) is 35.3 Å². The predicted molar refractivity (Wildman–Crippen MR) is 102 cm³/mol. The van der Waals surface area contributed by atoms with E-state index in [4.69, 9.17) is 11.6 Å². The van der Waals surface area contributed by atoms with Crippen LogP contribution in [0.1, 0.15) is 61.3 Å². The summed E-state index contributed by atoms with van der Waals surface area (Å²) < 4.78 is 3.56. The predicted octanol–water partition coefficient (Wildman–Crippen LogP) is 2.73. The summed E-state index contributed by atoms with van der Waals surface area (Å²) in [6.45, 7) is 0. The van der Waals surface area contributed by atoms with Gasteiger partial charge in [-0.3, -0.25) is 4.79 Å². The standard InChI is InChI=1S/C20H24ClN5O2/c21-14-8-22-25(10-14)19-16(9-23-26(19)15-1-2-15)18(27)24-17-12-3-11-4-13(17)7-20(28,5-11)6-12/h8-13,15,17,28H,1-7H2,(H,24,27)/t11?,12?,13?,17-,20-. The summed E-state index contributed by atoms with van der Waals surface area (Å²) in [6.07, 6.45) is 11.9. The Bertz CT molecular complexity index is 932. The summed E-state index contributed by atoms with van der Waals surface area (Å²) in [5.74, 6) is 1.96. The lowest BCUT2D eigenvalue weighted by molar-refractivity contribution is -0.136. The van der Waals surface area contributed by atoms with Crippen molar-refractivity contribution in [3.05, 3.63) is 29.2 Å². The minimum absolute atomic E-state index is 0.0991. The average molecular weight is 402 g/mol. The van der Waals surface area contributed by atoms with E-state index in [1.165, 1.54) is 0 Å². The molecule has 0 saturated heterocycles. The molecule has 5 saturated carbocycles. The highest BCUT2D eigenvalue weighted by molar-refractivity contribution is 6.30. The number of nitrogens with zero attached hydrogens (tertiary/aromatic N) is 4. The zero-order chi connectivity index (χ0) is 19.0. The first-order valence-corrected chi connectivity index (χ1v) is 10.7. The average Bonchev–Trinajstić information content (AvgIpc) is 3.23. The second-order valence-electron chi connectivity index (χ2n) is 9.35. The lowest BCUT2D eigenvalue weighted by Crippen LogP contribution is -2.61. The van der Waals surface area contributed by atoms with Crippen LogP contribution in [0.25, 0.3) is 5.82 Å². The van der Waals surface area contributed by atoms with Crippen molar-refractivity contribution in [1.29, 1.82) is 0 Å². The molecule has 8 heteroatoms. The molecule has 2 unspecified atom stereocenters. The second kappa shape index (κ2) is 5.83. The third-order valence-electron chi connectivity index (χ3n) is 7.21. The van der Waals surface area contributed by atoms with Crippen LogP contribution in [0.3, 0.4) is 0 Å². The number of hydrogen-bond acceptors (Lipinski definition) is 4. The van der Waals surface area contributed by atoms with Gasteiger partial charge in [0.1, 0.15) is 5.56 Å². The fourth-order valence-electron chi connectivity index (χ4n) is 6.19. The second-order valence-corrected chi connectivity index (χ2v) is 9.79. The molecule has 4 bridgehead atoms. The van der Waals surface area contributed by atoms with Gasteiger partial charge in [0.15, 0.2) is 5.82 Å². The van der Waals surface area contributed by atoms with E-state index in [0.717, 1.165) is 44.9 Å². The van der Waals surface area contributed by atoms with Gasteiger partial charge < -0.3 is 10.4 Å². The van der Waals surface area contributed by atoms with E-state index in [1.54, 1.807) is 23.3 Å². The zero-order valence-electron chi connectivity index (χ0n) is 15.6. The maximum Gasteiger partial charge on any atom is 0.256 e. The Hall–Kier alpha value is -1.86. The largest absolute Gasteiger partial charge is 0.390 e. The number of carbonyl (C=O) groups excluding carboxylic acids is 1. The van der Waals surface area contributed by atoms with Crippen LogP contribution in [-0.4, -0.2) is 42.2 Å². The van der Waals surface area contributed by atoms with Crippen LogP contribution in [0.15, 0.2) is 18.6 Å². The number of aromatic nitrogens is 4. The van der Waals surface area contributed by atoms with E-state index in [9.17, 15) is 9.90 Å². The summed E-state index contributed by atoms with van der Waals surface area (Å²) in [4.78, 5) is 13.3. The molecule has 1 amide bonds. The molecule has 28 heavy (non-hydrogen) atoms. The number of hydrogen-bond donors (Lipinski definition) is 2. The van der Waals surface area contributed by atoms with Crippen molar-refractivity contribution >= 4 is 17.5 Å². The summed E-state index contributed by atoms with van der Waals surface area (Å²) >= 11 is 6.07. The summed E-state index contributed by atoms with van der Waals surface area (Å²) in [6, 6.07) is 0.470. The molecular weight excluding hydrogens is 378 g/mol. The third-order valence-corrected chi connectivity index (χ3v) is 7.41. The molecule has 0 radical (unpaired) electrons. The van der Waals surface area contributed by atoms with E-state index in [-0.39, 0.29) is 11.9 Å². The van der Waals surface area contributed by atoms with Crippen LogP contribution in [-0.2, 0) is 0 Å². The molecule has 148 valence electrons. The van der Waals surface area contributed by atoms with Crippen LogP contribution >= 0.6 is 11.6 Å². The fourth-order valence-corrected chi connectivity index (χ4v) is 6.33. The normalized spacial score (nSPS) is 36.1. The molecule has 2 heterocycles. The maximum atomic E-state index is 13.3. The minimum Gasteiger partial charge on any atom is -0.390 e. The first-order chi connectivity index (χ1) is 13.5. The van der Waals surface area contributed by atoms with Crippen molar-refractivity contribution in [1.82, 2.24) is 24.9 Å². The first-order valence-electron chi connectivity index (χ1n) is 10.3. The van der Waals surface area contributed by atoms with Gasteiger partial charge in [-0.25, -0.2) is 9.36 Å². The number of halogens is 1. The lowest BCUT2D eigenvalue weighted by Gasteiger charge is -2.58. The van der Waals surface area contributed by atoms with Gasteiger partial charge >= 0.3 is 0 Å². The van der Waals surface area contributed by atoms with E-state index in [1.807, 2.05) is 4.68 Å². The third kappa shape index (κ3) is 2.63. The quantitative estimate of drug-likeness (QED) is 0.824. The van der Waals surface area contributed by atoms with E-state index >= 15 is 0 Å². The highest BCUT2D eigenvalue weighted by Gasteiger charge is 2.55. The number of amides is 1. The molecule has 2 atom stereocenters. The van der Waals surface area contributed by atoms with Gasteiger partial charge in [-0.05, 0) is 62.7 Å². The number of aliphatic hydroxyl groups is 1. The number of rotatable bonds is 4. The van der Waals surface area contributed by atoms with Crippen molar-refractivity contribution in [3.63, 3.8) is 0 Å². The Labute approximate surface area is 168 Å². The Morgan fingerprint density at radius 3 is 2.54 bits per heavy atom. The molecular formula is C20H24ClN5O2. The Balaban J connectivity index is 1.30. The fraction of sp³-hybridized carbons (Fsp3) is 0.650. The van der Waals surface area contributed by atoms with Crippen LogP contribution < -0.4 is 5.32 Å². The molecule has 2 aromatic heterocycles. The molecule has 7 nitrogen and oxygen atoms in total. The highest BCUT2D eigenvalue weighted by Crippen LogP contribution is 2.55. The Morgan fingerprint density at radius 2 is 1.93 bits per heavy atom. The zero-order valence-corrected chi connectivity index (χ0v) is 16.3. The molecule has 5 aliphatic rings. The van der Waals surface area contributed by atoms with Gasteiger partial charge in [0.2, 0.25) is 0 Å². The molecule has 0 aromatic carbocycles. The van der Waals surface area contributed by atoms with Crippen LogP contribution in [0, 0.1) is 17.8 Å². The van der Waals surface area contributed by atoms with E-state index in [2.05, 4.69) is 15.5 Å². The topological polar surface area (TPSA) is 85.0 Å². The van der Waals surface area contributed by atoms with Gasteiger partial charge in [-0.2, -0.15) is 10.2 Å². The van der Waals surface area contributed by atoms with Crippen molar-refractivity contribution < 1.29 is 9.90 Å². The summed E-state index contributed by atoms with van der Waals surface area (Å²) in [7, 11) is 0. The number of carbonyl (C=O) groups is 1. The Kier molecular flexibility index (Phi) is 3.55. The van der Waals surface area contributed by atoms with Crippen LogP contribution in [0.5, 0.6) is 0 Å². The number of nitrogens with one attached hydrogen (secondary N) is 1. The molecule has 0 spiro atoms. The highest BCUT2D eigenvalue weighted by atomic mass is 35.5. The molecule has 7 rings (SSSR count). The molecule has 0 aliphatic heterocycles. The van der Waals surface area contributed by atoms with Crippen molar-refractivity contribution in [2.24, 2.45) is 17.8 Å². The molecule has 5 aliphatic carbocycles. The maximum absolute atomic E-state index is 13.3. The van der Waals surface area contributed by atoms with Crippen molar-refractivity contribution in [2.75, 3.05) is 0 Å². The Morgan fingerprint density at radius 1 is 1.18 bits per heavy atom. The molecule has 5 fully saturated rings. The van der Waals surface area contributed by atoms with Gasteiger partial charge in [0.25, 0.3) is 5.91 Å². The first kappa shape index (κ1) is 17.0. The minimum atomic E-state index is -0.494. The van der Waals surface area contributed by atoms with Gasteiger partial charge in [0, 0.05) is 6.04 Å². The molecule has 2 N–H and O–H groups in total. The molecule has 2 aromatic rings. The van der Waals surface area contributed by atoms with Gasteiger partial charge in [-0.15, -0.1) is 0 Å². The van der Waals surface area contributed by atoms with Crippen LogP contribution in [0.2, 0.25) is 5.02 Å². The smallest absolute Gasteiger partial charge is 0.256 e. The van der Waals surface area contributed by atoms with E-state index in [0.29, 0.717) is 40.2 Å². The summed E-state index contributed by atoms with van der Waals surface area (Å²) in [5, 5.41) is 23.4. The van der Waals surface area contributed by atoms with Gasteiger partial charge in [-0.1, -0.05) is 11.6 Å². The van der Waals surface area contributed by atoms with E-state index < -0.39 is 5.60 Å².